The Balaban J connectivity index is 1.45. The first kappa shape index (κ1) is 20.1. The van der Waals surface area contributed by atoms with Crippen molar-refractivity contribution >= 4 is 23.2 Å². The molecule has 0 saturated heterocycles. The molecule has 0 bridgehead atoms. The first-order valence-electron chi connectivity index (χ1n) is 9.55. The SMILES string of the molecule is Cc1ccc(NC(=O)c2ccc(=O)n(CC(=O)Nc3ccc4c(c3)OCO4)n2)cc1C. The third kappa shape index (κ3) is 4.55. The van der Waals surface area contributed by atoms with Crippen LogP contribution in [0.1, 0.15) is 21.6 Å². The van der Waals surface area contributed by atoms with Gasteiger partial charge in [-0.2, -0.15) is 5.10 Å². The summed E-state index contributed by atoms with van der Waals surface area (Å²) in [7, 11) is 0. The molecule has 0 unspecified atom stereocenters. The standard InChI is InChI=1S/C22H20N4O5/c1-13-3-4-15(9-14(13)2)24-22(29)17-6-8-21(28)26(25-17)11-20(27)23-16-5-7-18-19(10-16)31-12-30-18/h3-10H,11-12H2,1-2H3,(H,23,27)(H,24,29). The molecule has 31 heavy (non-hydrogen) atoms. The summed E-state index contributed by atoms with van der Waals surface area (Å²) in [6.07, 6.45) is 0. The molecular formula is C22H20N4O5. The van der Waals surface area contributed by atoms with Crippen LogP contribution in [0.3, 0.4) is 0 Å². The van der Waals surface area contributed by atoms with Gasteiger partial charge < -0.3 is 20.1 Å². The summed E-state index contributed by atoms with van der Waals surface area (Å²) in [5, 5.41) is 9.45. The minimum atomic E-state index is -0.497. The molecule has 0 radical (unpaired) electrons. The van der Waals surface area contributed by atoms with Crippen molar-refractivity contribution < 1.29 is 19.1 Å². The largest absolute Gasteiger partial charge is 0.454 e. The van der Waals surface area contributed by atoms with Crippen LogP contribution in [-0.2, 0) is 11.3 Å². The maximum Gasteiger partial charge on any atom is 0.276 e. The van der Waals surface area contributed by atoms with Gasteiger partial charge in [0, 0.05) is 23.5 Å². The molecule has 1 aliphatic rings. The van der Waals surface area contributed by atoms with E-state index in [2.05, 4.69) is 15.7 Å². The van der Waals surface area contributed by atoms with E-state index in [0.29, 0.717) is 22.9 Å². The zero-order chi connectivity index (χ0) is 22.0. The highest BCUT2D eigenvalue weighted by molar-refractivity contribution is 6.02. The first-order chi connectivity index (χ1) is 14.9. The fraction of sp³-hybridized carbons (Fsp3) is 0.182. The Kier molecular flexibility index (Phi) is 5.40. The molecule has 0 aliphatic carbocycles. The zero-order valence-corrected chi connectivity index (χ0v) is 17.0. The molecule has 9 heteroatoms. The number of hydrogen-bond acceptors (Lipinski definition) is 6. The molecule has 3 aromatic rings. The number of fused-ring (bicyclic) bond motifs is 1. The molecule has 2 N–H and O–H groups in total. The number of carbonyl (C=O) groups is 2. The third-order valence-corrected chi connectivity index (χ3v) is 4.81. The molecule has 0 fully saturated rings. The average molecular weight is 420 g/mol. The van der Waals surface area contributed by atoms with E-state index in [1.165, 1.54) is 12.1 Å². The van der Waals surface area contributed by atoms with E-state index < -0.39 is 17.4 Å². The highest BCUT2D eigenvalue weighted by Gasteiger charge is 2.16. The molecule has 2 heterocycles. The van der Waals surface area contributed by atoms with Crippen molar-refractivity contribution in [2.75, 3.05) is 17.4 Å². The summed E-state index contributed by atoms with van der Waals surface area (Å²) in [6.45, 7) is 3.70. The van der Waals surface area contributed by atoms with Gasteiger partial charge in [-0.1, -0.05) is 6.07 Å². The van der Waals surface area contributed by atoms with Gasteiger partial charge in [-0.15, -0.1) is 0 Å². The third-order valence-electron chi connectivity index (χ3n) is 4.81. The summed E-state index contributed by atoms with van der Waals surface area (Å²) in [6, 6.07) is 13.0. The van der Waals surface area contributed by atoms with E-state index in [1.807, 2.05) is 26.0 Å². The van der Waals surface area contributed by atoms with Crippen LogP contribution in [0.15, 0.2) is 53.3 Å². The number of ether oxygens (including phenoxy) is 2. The minimum absolute atomic E-state index is 0.0220. The van der Waals surface area contributed by atoms with E-state index in [0.717, 1.165) is 15.8 Å². The van der Waals surface area contributed by atoms with Gasteiger partial charge in [-0.25, -0.2) is 4.68 Å². The number of aromatic nitrogens is 2. The Morgan fingerprint density at radius 3 is 2.48 bits per heavy atom. The topological polar surface area (TPSA) is 112 Å². The minimum Gasteiger partial charge on any atom is -0.454 e. The predicted octanol–water partition coefficient (Wildman–Crippen LogP) is 2.48. The number of hydrogen-bond donors (Lipinski definition) is 2. The highest BCUT2D eigenvalue weighted by atomic mass is 16.7. The van der Waals surface area contributed by atoms with E-state index in [9.17, 15) is 14.4 Å². The summed E-state index contributed by atoms with van der Waals surface area (Å²) in [4.78, 5) is 37.1. The number of carbonyl (C=O) groups excluding carboxylic acids is 2. The number of aryl methyl sites for hydroxylation is 2. The van der Waals surface area contributed by atoms with Crippen LogP contribution in [0.4, 0.5) is 11.4 Å². The van der Waals surface area contributed by atoms with Crippen LogP contribution in [0.25, 0.3) is 0 Å². The van der Waals surface area contributed by atoms with Crippen molar-refractivity contribution in [2.24, 2.45) is 0 Å². The van der Waals surface area contributed by atoms with Gasteiger partial charge >= 0.3 is 0 Å². The second kappa shape index (κ2) is 8.31. The van der Waals surface area contributed by atoms with Crippen molar-refractivity contribution in [3.63, 3.8) is 0 Å². The predicted molar refractivity (Wildman–Crippen MR) is 114 cm³/mol. The molecule has 0 saturated carbocycles. The van der Waals surface area contributed by atoms with Gasteiger partial charge in [0.2, 0.25) is 12.7 Å². The summed E-state index contributed by atoms with van der Waals surface area (Å²) in [5.41, 5.74) is 2.78. The number of amides is 2. The van der Waals surface area contributed by atoms with Gasteiger partial charge in [0.05, 0.1) is 0 Å². The van der Waals surface area contributed by atoms with Gasteiger partial charge in [0.1, 0.15) is 12.2 Å². The number of rotatable bonds is 5. The molecule has 2 aromatic carbocycles. The number of nitrogens with one attached hydrogen (secondary N) is 2. The van der Waals surface area contributed by atoms with E-state index in [-0.39, 0.29) is 19.0 Å². The van der Waals surface area contributed by atoms with Crippen molar-refractivity contribution in [3.8, 4) is 11.5 Å². The monoisotopic (exact) mass is 420 g/mol. The molecule has 1 aromatic heterocycles. The van der Waals surface area contributed by atoms with Crippen LogP contribution in [-0.4, -0.2) is 28.4 Å². The number of nitrogens with zero attached hydrogens (tertiary/aromatic N) is 2. The number of anilines is 2. The quantitative estimate of drug-likeness (QED) is 0.656. The van der Waals surface area contributed by atoms with Gasteiger partial charge in [-0.05, 0) is 55.3 Å². The molecule has 2 amide bonds. The fourth-order valence-electron chi connectivity index (χ4n) is 3.01. The zero-order valence-electron chi connectivity index (χ0n) is 17.0. The second-order valence-electron chi connectivity index (χ2n) is 7.08. The maximum atomic E-state index is 12.5. The van der Waals surface area contributed by atoms with Crippen molar-refractivity contribution in [1.82, 2.24) is 9.78 Å². The lowest BCUT2D eigenvalue weighted by atomic mass is 10.1. The van der Waals surface area contributed by atoms with Gasteiger partial charge in [0.15, 0.2) is 11.5 Å². The Hall–Kier alpha value is -4.14. The first-order valence-corrected chi connectivity index (χ1v) is 9.55. The van der Waals surface area contributed by atoms with Crippen molar-refractivity contribution in [2.45, 2.75) is 20.4 Å². The highest BCUT2D eigenvalue weighted by Crippen LogP contribution is 2.34. The number of benzene rings is 2. The summed E-state index contributed by atoms with van der Waals surface area (Å²) in [5.74, 6) is 0.171. The molecular weight excluding hydrogens is 400 g/mol. The van der Waals surface area contributed by atoms with Crippen LogP contribution in [0.5, 0.6) is 11.5 Å². The van der Waals surface area contributed by atoms with Crippen LogP contribution < -0.4 is 25.7 Å². The van der Waals surface area contributed by atoms with Crippen molar-refractivity contribution in [3.05, 3.63) is 75.7 Å². The fourth-order valence-corrected chi connectivity index (χ4v) is 3.01. The smallest absolute Gasteiger partial charge is 0.276 e. The second-order valence-corrected chi connectivity index (χ2v) is 7.08. The lowest BCUT2D eigenvalue weighted by Gasteiger charge is -2.10. The van der Waals surface area contributed by atoms with Gasteiger partial charge in [0.25, 0.3) is 11.5 Å². The summed E-state index contributed by atoms with van der Waals surface area (Å²) >= 11 is 0. The average Bonchev–Trinajstić information content (AvgIpc) is 3.20. The van der Waals surface area contributed by atoms with E-state index in [4.69, 9.17) is 9.47 Å². The van der Waals surface area contributed by atoms with E-state index >= 15 is 0 Å². The lowest BCUT2D eigenvalue weighted by Crippen LogP contribution is -2.31. The molecule has 158 valence electrons. The molecule has 9 nitrogen and oxygen atoms in total. The molecule has 0 spiro atoms. The summed E-state index contributed by atoms with van der Waals surface area (Å²) < 4.78 is 11.5. The van der Waals surface area contributed by atoms with Gasteiger partial charge in [-0.3, -0.25) is 14.4 Å². The molecule has 0 atom stereocenters. The Bertz CT molecular complexity index is 1230. The van der Waals surface area contributed by atoms with Crippen LogP contribution in [0.2, 0.25) is 0 Å². The van der Waals surface area contributed by atoms with Crippen LogP contribution >= 0.6 is 0 Å². The Labute approximate surface area is 177 Å². The van der Waals surface area contributed by atoms with Crippen molar-refractivity contribution in [1.29, 1.82) is 0 Å². The normalized spacial score (nSPS) is 11.8. The van der Waals surface area contributed by atoms with E-state index in [1.54, 1.807) is 24.3 Å². The Morgan fingerprint density at radius 2 is 1.68 bits per heavy atom. The van der Waals surface area contributed by atoms with Crippen LogP contribution in [0, 0.1) is 13.8 Å². The Morgan fingerprint density at radius 1 is 0.935 bits per heavy atom. The molecule has 4 rings (SSSR count). The molecule has 1 aliphatic heterocycles. The lowest BCUT2D eigenvalue weighted by molar-refractivity contribution is -0.117. The maximum absolute atomic E-state index is 12.5.